The third-order valence-corrected chi connectivity index (χ3v) is 3.25. The Hall–Kier alpha value is -2.51. The maximum atomic E-state index is 11.1. The molecule has 0 unspecified atom stereocenters. The molecule has 0 saturated carbocycles. The lowest BCUT2D eigenvalue weighted by atomic mass is 10.3. The molecule has 0 amide bonds. The first-order chi connectivity index (χ1) is 11.0. The van der Waals surface area contributed by atoms with E-state index in [-0.39, 0.29) is 17.4 Å². The third-order valence-electron chi connectivity index (χ3n) is 3.25. The van der Waals surface area contributed by atoms with Gasteiger partial charge in [-0.2, -0.15) is 0 Å². The summed E-state index contributed by atoms with van der Waals surface area (Å²) in [7, 11) is 3.32. The lowest BCUT2D eigenvalue weighted by molar-refractivity contribution is -0.0445. The molecule has 2 aromatic rings. The number of hydrogen-bond donors (Lipinski definition) is 0. The molecular weight excluding hydrogens is 300 g/mol. The number of hydrogen-bond acceptors (Lipinski definition) is 5. The number of carbonyl (C=O) groups is 1. The molecule has 2 aromatic heterocycles. The number of nitrogens with zero attached hydrogens (tertiary/aromatic N) is 2. The van der Waals surface area contributed by atoms with Gasteiger partial charge in [0.05, 0.1) is 13.2 Å². The van der Waals surface area contributed by atoms with Gasteiger partial charge in [0.25, 0.3) is 0 Å². The van der Waals surface area contributed by atoms with Gasteiger partial charge in [-0.1, -0.05) is 0 Å². The SMILES string of the molecule is Cn1cc(C2OCCO2)ccc1=O.Cn1cc(C=O)ccc1=O. The van der Waals surface area contributed by atoms with Crippen molar-refractivity contribution in [1.82, 2.24) is 9.13 Å². The van der Waals surface area contributed by atoms with Crippen molar-refractivity contribution in [3.05, 3.63) is 68.5 Å². The van der Waals surface area contributed by atoms with Gasteiger partial charge in [-0.3, -0.25) is 14.4 Å². The lowest BCUT2D eigenvalue weighted by Gasteiger charge is -2.09. The van der Waals surface area contributed by atoms with Crippen LogP contribution in [0.2, 0.25) is 0 Å². The second-order valence-electron chi connectivity index (χ2n) is 5.01. The summed E-state index contributed by atoms with van der Waals surface area (Å²) in [6, 6.07) is 6.11. The normalized spacial score (nSPS) is 14.2. The van der Waals surface area contributed by atoms with Crippen LogP contribution in [0.1, 0.15) is 22.2 Å². The van der Waals surface area contributed by atoms with Gasteiger partial charge in [0, 0.05) is 49.7 Å². The summed E-state index contributed by atoms with van der Waals surface area (Å²) in [5.74, 6) is 0. The van der Waals surface area contributed by atoms with Crippen LogP contribution in [0, 0.1) is 0 Å². The number of pyridine rings is 2. The average molecular weight is 318 g/mol. The van der Waals surface area contributed by atoms with E-state index in [4.69, 9.17) is 9.47 Å². The van der Waals surface area contributed by atoms with Crippen molar-refractivity contribution >= 4 is 6.29 Å². The second kappa shape index (κ2) is 7.66. The highest BCUT2D eigenvalue weighted by atomic mass is 16.7. The topological polar surface area (TPSA) is 79.5 Å². The van der Waals surface area contributed by atoms with Crippen molar-refractivity contribution in [1.29, 1.82) is 0 Å². The van der Waals surface area contributed by atoms with Gasteiger partial charge >= 0.3 is 0 Å². The highest BCUT2D eigenvalue weighted by Crippen LogP contribution is 2.21. The first-order valence-electron chi connectivity index (χ1n) is 7.03. The lowest BCUT2D eigenvalue weighted by Crippen LogP contribution is -2.16. The summed E-state index contributed by atoms with van der Waals surface area (Å²) in [5.41, 5.74) is 1.27. The van der Waals surface area contributed by atoms with Crippen molar-refractivity contribution in [2.45, 2.75) is 6.29 Å². The van der Waals surface area contributed by atoms with E-state index >= 15 is 0 Å². The molecule has 0 N–H and O–H groups in total. The molecule has 0 aromatic carbocycles. The van der Waals surface area contributed by atoms with E-state index in [1.165, 1.54) is 33.5 Å². The van der Waals surface area contributed by atoms with Crippen LogP contribution in [0.15, 0.2) is 46.2 Å². The first kappa shape index (κ1) is 16.9. The van der Waals surface area contributed by atoms with Crippen molar-refractivity contribution in [2.24, 2.45) is 14.1 Å². The minimum atomic E-state index is -0.299. The predicted molar refractivity (Wildman–Crippen MR) is 83.4 cm³/mol. The van der Waals surface area contributed by atoms with E-state index in [2.05, 4.69) is 0 Å². The van der Waals surface area contributed by atoms with Gasteiger partial charge in [-0.05, 0) is 12.1 Å². The maximum absolute atomic E-state index is 11.1. The van der Waals surface area contributed by atoms with Crippen molar-refractivity contribution < 1.29 is 14.3 Å². The van der Waals surface area contributed by atoms with E-state index in [1.807, 2.05) is 0 Å². The van der Waals surface area contributed by atoms with Crippen LogP contribution in [0.3, 0.4) is 0 Å². The Bertz CT molecular complexity index is 788. The van der Waals surface area contributed by atoms with Gasteiger partial charge in [0.2, 0.25) is 11.1 Å². The van der Waals surface area contributed by atoms with Gasteiger partial charge < -0.3 is 18.6 Å². The molecular formula is C16H18N2O5. The Morgan fingerprint density at radius 2 is 1.52 bits per heavy atom. The minimum Gasteiger partial charge on any atom is -0.346 e. The highest BCUT2D eigenvalue weighted by Gasteiger charge is 2.18. The Morgan fingerprint density at radius 1 is 0.957 bits per heavy atom. The van der Waals surface area contributed by atoms with Crippen molar-refractivity contribution in [2.75, 3.05) is 13.2 Å². The van der Waals surface area contributed by atoms with Crippen LogP contribution in [-0.4, -0.2) is 28.6 Å². The second-order valence-corrected chi connectivity index (χ2v) is 5.01. The van der Waals surface area contributed by atoms with Crippen LogP contribution < -0.4 is 11.1 Å². The fraction of sp³-hybridized carbons (Fsp3) is 0.312. The summed E-state index contributed by atoms with van der Waals surface area (Å²) in [5, 5.41) is 0. The Balaban J connectivity index is 0.000000174. The van der Waals surface area contributed by atoms with Gasteiger partial charge in [-0.15, -0.1) is 0 Å². The fourth-order valence-electron chi connectivity index (χ4n) is 1.99. The molecule has 1 aliphatic heterocycles. The van der Waals surface area contributed by atoms with Crippen molar-refractivity contribution in [3.63, 3.8) is 0 Å². The van der Waals surface area contributed by atoms with E-state index in [0.717, 1.165) is 5.56 Å². The van der Waals surface area contributed by atoms with Gasteiger partial charge in [-0.25, -0.2) is 0 Å². The molecule has 23 heavy (non-hydrogen) atoms. The monoisotopic (exact) mass is 318 g/mol. The van der Waals surface area contributed by atoms with E-state index in [0.29, 0.717) is 25.1 Å². The Labute approximate surface area is 132 Å². The van der Waals surface area contributed by atoms with Gasteiger partial charge in [0.1, 0.15) is 0 Å². The van der Waals surface area contributed by atoms with E-state index in [9.17, 15) is 14.4 Å². The molecule has 0 aliphatic carbocycles. The first-order valence-corrected chi connectivity index (χ1v) is 7.03. The molecule has 0 atom stereocenters. The molecule has 0 radical (unpaired) electrons. The predicted octanol–water partition coefficient (Wildman–Crippen LogP) is 0.628. The standard InChI is InChI=1S/C9H11NO3.C7H7NO2/c1-10-6-7(2-3-8(10)11)9-12-4-5-13-9;1-8-4-6(5-9)2-3-7(8)10/h2-3,6,9H,4-5H2,1H3;2-5H,1H3. The number of aromatic nitrogens is 2. The van der Waals surface area contributed by atoms with Crippen LogP contribution in [0.5, 0.6) is 0 Å². The van der Waals surface area contributed by atoms with E-state index < -0.39 is 0 Å². The third kappa shape index (κ3) is 4.48. The smallest absolute Gasteiger partial charge is 0.250 e. The molecule has 7 nitrogen and oxygen atoms in total. The maximum Gasteiger partial charge on any atom is 0.250 e. The summed E-state index contributed by atoms with van der Waals surface area (Å²) in [6.45, 7) is 1.24. The molecule has 3 heterocycles. The molecule has 122 valence electrons. The highest BCUT2D eigenvalue weighted by molar-refractivity contribution is 5.73. The average Bonchev–Trinajstić information content (AvgIpc) is 3.08. The number of aryl methyl sites for hydroxylation is 2. The van der Waals surface area contributed by atoms with Crippen molar-refractivity contribution in [3.8, 4) is 0 Å². The zero-order valence-corrected chi connectivity index (χ0v) is 13.0. The number of ether oxygens (including phenoxy) is 2. The summed E-state index contributed by atoms with van der Waals surface area (Å²) in [4.78, 5) is 32.0. The fourth-order valence-corrected chi connectivity index (χ4v) is 1.99. The van der Waals surface area contributed by atoms with Crippen LogP contribution in [0.25, 0.3) is 0 Å². The van der Waals surface area contributed by atoms with Gasteiger partial charge in [0.15, 0.2) is 12.6 Å². The number of carbonyl (C=O) groups excluding carboxylic acids is 1. The quantitative estimate of drug-likeness (QED) is 0.759. The molecule has 0 spiro atoms. The molecule has 0 bridgehead atoms. The summed E-state index contributed by atoms with van der Waals surface area (Å²) in [6.07, 6.45) is 3.64. The van der Waals surface area contributed by atoms with Crippen LogP contribution in [0.4, 0.5) is 0 Å². The van der Waals surface area contributed by atoms with E-state index in [1.54, 1.807) is 26.4 Å². The molecule has 1 fully saturated rings. The molecule has 7 heteroatoms. The molecule has 1 saturated heterocycles. The number of rotatable bonds is 2. The zero-order valence-electron chi connectivity index (χ0n) is 13.0. The van der Waals surface area contributed by atoms with Crippen LogP contribution >= 0.6 is 0 Å². The summed E-state index contributed by atoms with van der Waals surface area (Å²) < 4.78 is 13.5. The largest absolute Gasteiger partial charge is 0.346 e. The molecule has 1 aliphatic rings. The zero-order chi connectivity index (χ0) is 16.8. The molecule has 3 rings (SSSR count). The van der Waals surface area contributed by atoms with Crippen LogP contribution in [-0.2, 0) is 23.6 Å². The Kier molecular flexibility index (Phi) is 5.61. The number of aldehydes is 1. The Morgan fingerprint density at radius 3 is 2.04 bits per heavy atom. The minimum absolute atomic E-state index is 0.0262. The summed E-state index contributed by atoms with van der Waals surface area (Å²) >= 11 is 0.